The second-order valence-electron chi connectivity index (χ2n) is 9.14. The minimum absolute atomic E-state index is 0.200. The van der Waals surface area contributed by atoms with Crippen molar-refractivity contribution in [3.63, 3.8) is 0 Å². The normalized spacial score (nSPS) is 20.4. The number of nitrogens with zero attached hydrogens (tertiary/aromatic N) is 2. The molecule has 2 aliphatic rings. The summed E-state index contributed by atoms with van der Waals surface area (Å²) in [6.07, 6.45) is 4.37. The molecule has 2 heterocycles. The van der Waals surface area contributed by atoms with Crippen molar-refractivity contribution in [1.82, 2.24) is 0 Å². The van der Waals surface area contributed by atoms with E-state index in [0.29, 0.717) is 6.54 Å². The van der Waals surface area contributed by atoms with Crippen LogP contribution in [0.2, 0.25) is 0 Å². The molecule has 0 bridgehead atoms. The molecular formula is C28H24N2O2. The van der Waals surface area contributed by atoms with E-state index in [-0.39, 0.29) is 12.0 Å². The van der Waals surface area contributed by atoms with Crippen molar-refractivity contribution in [3.05, 3.63) is 94.9 Å². The molecule has 4 nitrogen and oxygen atoms in total. The first kappa shape index (κ1) is 19.1. The lowest BCUT2D eigenvalue weighted by atomic mass is 9.74. The van der Waals surface area contributed by atoms with Gasteiger partial charge in [-0.2, -0.15) is 4.91 Å². The largest absolute Gasteiger partial charge is 0.463 e. The van der Waals surface area contributed by atoms with Crippen LogP contribution < -0.4 is 9.64 Å². The molecule has 1 spiro atoms. The lowest BCUT2D eigenvalue weighted by molar-refractivity contribution is 0.0547. The highest BCUT2D eigenvalue weighted by Gasteiger charge is 2.59. The molecule has 1 unspecified atom stereocenters. The van der Waals surface area contributed by atoms with E-state index in [1.54, 1.807) is 0 Å². The van der Waals surface area contributed by atoms with Crippen LogP contribution in [0.25, 0.3) is 27.6 Å². The summed E-state index contributed by atoms with van der Waals surface area (Å²) in [6, 6.07) is 25.3. The van der Waals surface area contributed by atoms with Crippen molar-refractivity contribution in [2.45, 2.75) is 25.0 Å². The average molecular weight is 421 g/mol. The van der Waals surface area contributed by atoms with Gasteiger partial charge >= 0.3 is 0 Å². The van der Waals surface area contributed by atoms with Crippen LogP contribution in [0.15, 0.2) is 84.0 Å². The maximum atomic E-state index is 11.1. The third-order valence-electron chi connectivity index (χ3n) is 7.21. The predicted molar refractivity (Wildman–Crippen MR) is 131 cm³/mol. The van der Waals surface area contributed by atoms with Crippen molar-refractivity contribution in [3.8, 4) is 5.75 Å². The van der Waals surface area contributed by atoms with Gasteiger partial charge in [0, 0.05) is 17.8 Å². The molecule has 4 aromatic rings. The monoisotopic (exact) mass is 420 g/mol. The van der Waals surface area contributed by atoms with Gasteiger partial charge in [-0.1, -0.05) is 65.8 Å². The quantitative estimate of drug-likeness (QED) is 0.348. The lowest BCUT2D eigenvalue weighted by Crippen LogP contribution is -2.60. The standard InChI is InChI=1S/C28H24N2O2/c1-27(2)26-22-10-6-4-8-20(22)11-13-24(26)30(18-17-29-31)28(27)16-15-23-21-9-5-3-7-19(21)12-14-25(23)32-28/h3-16H,17-18H2,1-2H3. The van der Waals surface area contributed by atoms with E-state index in [9.17, 15) is 4.91 Å². The van der Waals surface area contributed by atoms with E-state index in [1.165, 1.54) is 27.1 Å². The smallest absolute Gasteiger partial charge is 0.212 e. The first-order chi connectivity index (χ1) is 15.6. The summed E-state index contributed by atoms with van der Waals surface area (Å²) in [5.74, 6) is 0.862. The summed E-state index contributed by atoms with van der Waals surface area (Å²) in [7, 11) is 0. The van der Waals surface area contributed by atoms with Crippen LogP contribution in [-0.4, -0.2) is 18.8 Å². The molecule has 1 atom stereocenters. The first-order valence-electron chi connectivity index (χ1n) is 11.1. The van der Waals surface area contributed by atoms with Gasteiger partial charge in [0.15, 0.2) is 0 Å². The Morgan fingerprint density at radius 1 is 0.875 bits per heavy atom. The van der Waals surface area contributed by atoms with Gasteiger partial charge in [0.2, 0.25) is 5.72 Å². The molecule has 0 fully saturated rings. The average Bonchev–Trinajstić information content (AvgIpc) is 3.00. The Bertz CT molecular complexity index is 1420. The third kappa shape index (κ3) is 2.38. The summed E-state index contributed by atoms with van der Waals surface area (Å²) in [5, 5.41) is 7.97. The fourth-order valence-corrected chi connectivity index (χ4v) is 5.68. The molecule has 0 aromatic heterocycles. The van der Waals surface area contributed by atoms with Gasteiger partial charge in [0.1, 0.15) is 5.75 Å². The van der Waals surface area contributed by atoms with Crippen molar-refractivity contribution in [2.75, 3.05) is 18.0 Å². The number of hydrogen-bond donors (Lipinski definition) is 0. The molecule has 4 heteroatoms. The van der Waals surface area contributed by atoms with E-state index in [0.717, 1.165) is 17.0 Å². The van der Waals surface area contributed by atoms with Gasteiger partial charge < -0.3 is 9.64 Å². The van der Waals surface area contributed by atoms with Crippen LogP contribution >= 0.6 is 0 Å². The van der Waals surface area contributed by atoms with E-state index < -0.39 is 5.72 Å². The highest BCUT2D eigenvalue weighted by Crippen LogP contribution is 2.57. The van der Waals surface area contributed by atoms with E-state index in [1.807, 2.05) is 0 Å². The van der Waals surface area contributed by atoms with E-state index >= 15 is 0 Å². The number of hydrogen-bond acceptors (Lipinski definition) is 4. The topological polar surface area (TPSA) is 41.9 Å². The number of rotatable bonds is 3. The molecule has 32 heavy (non-hydrogen) atoms. The van der Waals surface area contributed by atoms with Gasteiger partial charge in [-0.05, 0) is 65.2 Å². The van der Waals surface area contributed by atoms with Crippen LogP contribution in [0, 0.1) is 4.91 Å². The maximum Gasteiger partial charge on any atom is 0.212 e. The highest BCUT2D eigenvalue weighted by molar-refractivity contribution is 5.96. The molecule has 0 aliphatic carbocycles. The number of anilines is 1. The second kappa shape index (κ2) is 6.67. The lowest BCUT2D eigenvalue weighted by Gasteiger charge is -2.47. The Morgan fingerprint density at radius 3 is 2.34 bits per heavy atom. The zero-order chi connectivity index (χ0) is 21.9. The Kier molecular flexibility index (Phi) is 3.97. The molecule has 0 saturated heterocycles. The first-order valence-corrected chi connectivity index (χ1v) is 11.1. The summed E-state index contributed by atoms with van der Waals surface area (Å²) in [5.41, 5.74) is 2.33. The van der Waals surface area contributed by atoms with Crippen LogP contribution in [0.1, 0.15) is 25.0 Å². The molecule has 0 saturated carbocycles. The summed E-state index contributed by atoms with van der Waals surface area (Å²) in [6.45, 7) is 5.17. The van der Waals surface area contributed by atoms with Gasteiger partial charge in [-0.15, -0.1) is 0 Å². The van der Waals surface area contributed by atoms with E-state index in [2.05, 4.69) is 109 Å². The van der Waals surface area contributed by atoms with Gasteiger partial charge in [-0.3, -0.25) is 0 Å². The summed E-state index contributed by atoms with van der Waals surface area (Å²) in [4.78, 5) is 13.4. The van der Waals surface area contributed by atoms with Crippen molar-refractivity contribution in [2.24, 2.45) is 5.18 Å². The number of benzene rings is 4. The van der Waals surface area contributed by atoms with Crippen molar-refractivity contribution < 1.29 is 4.74 Å². The highest BCUT2D eigenvalue weighted by atomic mass is 16.5. The van der Waals surface area contributed by atoms with Gasteiger partial charge in [0.05, 0.1) is 12.0 Å². The fraction of sp³-hybridized carbons (Fsp3) is 0.214. The fourth-order valence-electron chi connectivity index (χ4n) is 5.68. The molecule has 0 N–H and O–H groups in total. The van der Waals surface area contributed by atoms with Gasteiger partial charge in [-0.25, -0.2) is 0 Å². The van der Waals surface area contributed by atoms with Crippen LogP contribution in [-0.2, 0) is 5.41 Å². The molecule has 2 aliphatic heterocycles. The minimum Gasteiger partial charge on any atom is -0.463 e. The number of ether oxygens (including phenoxy) is 1. The Balaban J connectivity index is 1.60. The van der Waals surface area contributed by atoms with Crippen molar-refractivity contribution in [1.29, 1.82) is 0 Å². The molecule has 4 aromatic carbocycles. The van der Waals surface area contributed by atoms with Crippen molar-refractivity contribution >= 4 is 33.3 Å². The third-order valence-corrected chi connectivity index (χ3v) is 7.21. The summed E-state index contributed by atoms with van der Waals surface area (Å²) < 4.78 is 6.94. The maximum absolute atomic E-state index is 11.1. The van der Waals surface area contributed by atoms with Gasteiger partial charge in [0.25, 0.3) is 0 Å². The number of fused-ring (bicyclic) bond motifs is 6. The SMILES string of the molecule is CC1(C)c2c(ccc3ccccc23)N(CCN=O)C12C=Cc1c(ccc3ccccc13)O2. The number of nitroso groups, excluding NO2 is 1. The van der Waals surface area contributed by atoms with E-state index in [4.69, 9.17) is 4.74 Å². The Hall–Kier alpha value is -3.66. The minimum atomic E-state index is -0.750. The molecule has 0 radical (unpaired) electrons. The zero-order valence-electron chi connectivity index (χ0n) is 18.2. The van der Waals surface area contributed by atoms with Crippen LogP contribution in [0.4, 0.5) is 5.69 Å². The molecule has 158 valence electrons. The Labute approximate surface area is 187 Å². The molecule has 6 rings (SSSR count). The molecule has 0 amide bonds. The van der Waals surface area contributed by atoms with Crippen LogP contribution in [0.5, 0.6) is 5.75 Å². The molecular weight excluding hydrogens is 396 g/mol. The zero-order valence-corrected chi connectivity index (χ0v) is 18.2. The predicted octanol–water partition coefficient (Wildman–Crippen LogP) is 6.66. The Morgan fingerprint density at radius 2 is 1.56 bits per heavy atom. The summed E-state index contributed by atoms with van der Waals surface area (Å²) >= 11 is 0. The second-order valence-corrected chi connectivity index (χ2v) is 9.14. The van der Waals surface area contributed by atoms with Crippen LogP contribution in [0.3, 0.4) is 0 Å².